The van der Waals surface area contributed by atoms with Crippen LogP contribution in [0.4, 0.5) is 5.95 Å². The summed E-state index contributed by atoms with van der Waals surface area (Å²) in [7, 11) is 1.66. The van der Waals surface area contributed by atoms with Crippen molar-refractivity contribution in [2.24, 2.45) is 0 Å². The molecule has 1 aromatic heterocycles. The van der Waals surface area contributed by atoms with Gasteiger partial charge in [0.1, 0.15) is 11.8 Å². The molecule has 0 radical (unpaired) electrons. The summed E-state index contributed by atoms with van der Waals surface area (Å²) < 4.78 is 8.13. The number of hydrogen-bond acceptors (Lipinski definition) is 5. The van der Waals surface area contributed by atoms with Gasteiger partial charge in [-0.05, 0) is 46.3 Å². The van der Waals surface area contributed by atoms with Crippen molar-refractivity contribution in [1.29, 1.82) is 0 Å². The zero-order valence-corrected chi connectivity index (χ0v) is 14.4. The van der Waals surface area contributed by atoms with Crippen molar-refractivity contribution in [2.45, 2.75) is 6.04 Å². The summed E-state index contributed by atoms with van der Waals surface area (Å²) in [6, 6.07) is 16.0. The predicted molar refractivity (Wildman–Crippen MR) is 94.7 cm³/mol. The van der Waals surface area contributed by atoms with Crippen LogP contribution in [0, 0.1) is 0 Å². The fraction of sp³-hybridized carbons (Fsp3) is 0.118. The molecule has 24 heavy (non-hydrogen) atoms. The van der Waals surface area contributed by atoms with Gasteiger partial charge in [-0.1, -0.05) is 45.3 Å². The molecule has 2 heterocycles. The van der Waals surface area contributed by atoms with Gasteiger partial charge >= 0.3 is 0 Å². The Morgan fingerprint density at radius 2 is 2.00 bits per heavy atom. The predicted octanol–water partition coefficient (Wildman–Crippen LogP) is 3.50. The number of nitrogens with zero attached hydrogens (tertiary/aromatic N) is 4. The van der Waals surface area contributed by atoms with Crippen LogP contribution in [-0.4, -0.2) is 27.3 Å². The van der Waals surface area contributed by atoms with Crippen molar-refractivity contribution in [3.05, 3.63) is 70.2 Å². The molecule has 7 heteroatoms. The third kappa shape index (κ3) is 2.67. The van der Waals surface area contributed by atoms with E-state index in [2.05, 4.69) is 55.0 Å². The highest BCUT2D eigenvalue weighted by atomic mass is 79.9. The molecule has 0 saturated carbocycles. The number of anilines is 1. The Kier molecular flexibility index (Phi) is 3.78. The Labute approximate surface area is 147 Å². The largest absolute Gasteiger partial charge is 0.497 e. The number of benzene rings is 2. The Bertz CT molecular complexity index is 903. The second-order valence-electron chi connectivity index (χ2n) is 5.38. The van der Waals surface area contributed by atoms with Gasteiger partial charge in [0.25, 0.3) is 0 Å². The van der Waals surface area contributed by atoms with Crippen LogP contribution in [-0.2, 0) is 0 Å². The van der Waals surface area contributed by atoms with Gasteiger partial charge < -0.3 is 10.1 Å². The molecule has 3 aromatic rings. The molecule has 0 unspecified atom stereocenters. The number of nitrogens with one attached hydrogen (secondary N) is 1. The Hall–Kier alpha value is -2.67. The van der Waals surface area contributed by atoms with Crippen molar-refractivity contribution < 1.29 is 4.74 Å². The number of allylic oxidation sites excluding steroid dienone is 1. The van der Waals surface area contributed by atoms with Gasteiger partial charge in [-0.2, -0.15) is 4.68 Å². The van der Waals surface area contributed by atoms with Crippen LogP contribution in [0.1, 0.15) is 17.2 Å². The summed E-state index contributed by atoms with van der Waals surface area (Å²) >= 11 is 3.47. The molecule has 0 aliphatic carbocycles. The molecule has 1 aliphatic rings. The zero-order chi connectivity index (χ0) is 16.5. The maximum atomic E-state index is 5.32. The number of hydrogen-bond donors (Lipinski definition) is 1. The van der Waals surface area contributed by atoms with Gasteiger partial charge in [0.05, 0.1) is 7.11 Å². The Morgan fingerprint density at radius 1 is 1.17 bits per heavy atom. The highest BCUT2D eigenvalue weighted by Gasteiger charge is 2.24. The van der Waals surface area contributed by atoms with Crippen LogP contribution in [0.5, 0.6) is 5.75 Å². The summed E-state index contributed by atoms with van der Waals surface area (Å²) in [6.45, 7) is 0. The molecule has 120 valence electrons. The summed E-state index contributed by atoms with van der Waals surface area (Å²) in [4.78, 5) is 0. The standard InChI is InChI=1S/C17H14BrN5O/c1-24-14-4-2-3-12(9-14)15-10-16(11-5-7-13(18)8-6-11)23-17(19-15)20-21-22-23/h2-10,16H,1H3,(H,19,20,22)/t16-/m1/s1. The highest BCUT2D eigenvalue weighted by Crippen LogP contribution is 2.32. The van der Waals surface area contributed by atoms with Gasteiger partial charge in [-0.3, -0.25) is 0 Å². The molecular formula is C17H14BrN5O. The van der Waals surface area contributed by atoms with Crippen LogP contribution in [0.25, 0.3) is 5.70 Å². The van der Waals surface area contributed by atoms with Gasteiger partial charge in [0.2, 0.25) is 5.95 Å². The third-order valence-corrected chi connectivity index (χ3v) is 4.45. The first-order chi connectivity index (χ1) is 11.7. The molecular weight excluding hydrogens is 370 g/mol. The molecule has 1 N–H and O–H groups in total. The van der Waals surface area contributed by atoms with E-state index in [0.717, 1.165) is 27.0 Å². The van der Waals surface area contributed by atoms with Crippen LogP contribution in [0.15, 0.2) is 59.1 Å². The lowest BCUT2D eigenvalue weighted by Gasteiger charge is -2.23. The molecule has 0 fully saturated rings. The summed E-state index contributed by atoms with van der Waals surface area (Å²) in [5.74, 6) is 1.42. The van der Waals surface area contributed by atoms with Crippen molar-refractivity contribution in [1.82, 2.24) is 20.2 Å². The molecule has 2 aromatic carbocycles. The van der Waals surface area contributed by atoms with Crippen LogP contribution in [0.2, 0.25) is 0 Å². The normalized spacial score (nSPS) is 16.1. The quantitative estimate of drug-likeness (QED) is 0.749. The summed E-state index contributed by atoms with van der Waals surface area (Å²) in [6.07, 6.45) is 2.11. The van der Waals surface area contributed by atoms with E-state index in [0.29, 0.717) is 5.95 Å². The van der Waals surface area contributed by atoms with Gasteiger partial charge in [0, 0.05) is 15.7 Å². The molecule has 1 aliphatic heterocycles. The van der Waals surface area contributed by atoms with E-state index in [4.69, 9.17) is 4.74 Å². The van der Waals surface area contributed by atoms with Crippen LogP contribution in [0.3, 0.4) is 0 Å². The van der Waals surface area contributed by atoms with E-state index in [1.165, 1.54) is 0 Å². The van der Waals surface area contributed by atoms with Crippen LogP contribution < -0.4 is 10.1 Å². The smallest absolute Gasteiger partial charge is 0.248 e. The number of rotatable bonds is 3. The first-order valence-electron chi connectivity index (χ1n) is 7.41. The van der Waals surface area contributed by atoms with Crippen molar-refractivity contribution in [2.75, 3.05) is 12.4 Å². The number of halogens is 1. The lowest BCUT2D eigenvalue weighted by atomic mass is 10.0. The fourth-order valence-corrected chi connectivity index (χ4v) is 2.97. The Morgan fingerprint density at radius 3 is 2.79 bits per heavy atom. The average Bonchev–Trinajstić information content (AvgIpc) is 3.10. The van der Waals surface area contributed by atoms with Gasteiger partial charge in [0.15, 0.2) is 0 Å². The molecule has 0 amide bonds. The minimum Gasteiger partial charge on any atom is -0.497 e. The van der Waals surface area contributed by atoms with E-state index in [9.17, 15) is 0 Å². The lowest BCUT2D eigenvalue weighted by Crippen LogP contribution is -2.20. The maximum absolute atomic E-state index is 5.32. The average molecular weight is 384 g/mol. The molecule has 4 rings (SSSR count). The zero-order valence-electron chi connectivity index (χ0n) is 12.8. The second kappa shape index (κ2) is 6.09. The minimum absolute atomic E-state index is 0.0782. The third-order valence-electron chi connectivity index (χ3n) is 3.92. The molecule has 0 bridgehead atoms. The first kappa shape index (κ1) is 14.9. The van der Waals surface area contributed by atoms with Crippen molar-refractivity contribution >= 4 is 27.6 Å². The van der Waals surface area contributed by atoms with Crippen molar-refractivity contribution in [3.63, 3.8) is 0 Å². The molecule has 0 saturated heterocycles. The molecule has 1 atom stereocenters. The molecule has 6 nitrogen and oxygen atoms in total. The van der Waals surface area contributed by atoms with E-state index in [1.807, 2.05) is 36.4 Å². The van der Waals surface area contributed by atoms with Gasteiger partial charge in [-0.25, -0.2) is 0 Å². The van der Waals surface area contributed by atoms with E-state index in [-0.39, 0.29) is 6.04 Å². The summed E-state index contributed by atoms with van der Waals surface area (Å²) in [5.41, 5.74) is 3.07. The van der Waals surface area contributed by atoms with Gasteiger partial charge in [-0.15, -0.1) is 0 Å². The van der Waals surface area contributed by atoms with E-state index < -0.39 is 0 Å². The summed E-state index contributed by atoms with van der Waals surface area (Å²) in [5, 5.41) is 15.3. The minimum atomic E-state index is -0.0782. The number of methoxy groups -OCH3 is 1. The number of tetrazole rings is 1. The number of ether oxygens (including phenoxy) is 1. The number of aromatic nitrogens is 4. The van der Waals surface area contributed by atoms with Crippen molar-refractivity contribution in [3.8, 4) is 5.75 Å². The molecule has 0 spiro atoms. The highest BCUT2D eigenvalue weighted by molar-refractivity contribution is 9.10. The van der Waals surface area contributed by atoms with E-state index >= 15 is 0 Å². The Balaban J connectivity index is 1.79. The van der Waals surface area contributed by atoms with E-state index in [1.54, 1.807) is 11.8 Å². The fourth-order valence-electron chi connectivity index (χ4n) is 2.71. The number of fused-ring (bicyclic) bond motifs is 1. The topological polar surface area (TPSA) is 64.9 Å². The second-order valence-corrected chi connectivity index (χ2v) is 6.30. The lowest BCUT2D eigenvalue weighted by molar-refractivity contribution is 0.414. The maximum Gasteiger partial charge on any atom is 0.248 e. The first-order valence-corrected chi connectivity index (χ1v) is 8.20. The van der Waals surface area contributed by atoms with Crippen LogP contribution >= 0.6 is 15.9 Å². The SMILES string of the molecule is COc1cccc(C2=C[C@H](c3ccc(Br)cc3)n3nnnc3N2)c1. The monoisotopic (exact) mass is 383 g/mol.